The lowest BCUT2D eigenvalue weighted by atomic mass is 9.79. The van der Waals surface area contributed by atoms with E-state index >= 15 is 0 Å². The fourth-order valence-corrected chi connectivity index (χ4v) is 10.9. The first-order chi connectivity index (χ1) is 30.8. The second-order valence-electron chi connectivity index (χ2n) is 20.1. The van der Waals surface area contributed by atoms with Crippen LogP contribution in [-0.4, -0.2) is 162 Å². The first kappa shape index (κ1) is 52.3. The summed E-state index contributed by atoms with van der Waals surface area (Å²) in [4.78, 5) is 23.5. The van der Waals surface area contributed by atoms with Gasteiger partial charge in [-0.2, -0.15) is 0 Å². The van der Waals surface area contributed by atoms with Crippen LogP contribution in [0.25, 0.3) is 0 Å². The fourth-order valence-electron chi connectivity index (χ4n) is 10.9. The molecule has 20 atom stereocenters. The van der Waals surface area contributed by atoms with E-state index in [0.29, 0.717) is 71.2 Å². The van der Waals surface area contributed by atoms with Gasteiger partial charge in [0.05, 0.1) is 112 Å². The van der Waals surface area contributed by atoms with Crippen LogP contribution in [0.15, 0.2) is 24.3 Å². The van der Waals surface area contributed by atoms with Crippen molar-refractivity contribution in [2.75, 3.05) is 26.4 Å². The summed E-state index contributed by atoms with van der Waals surface area (Å²) in [6.45, 7) is 25.1. The zero-order valence-electron chi connectivity index (χ0n) is 40.0. The van der Waals surface area contributed by atoms with Crippen molar-refractivity contribution in [2.45, 2.75) is 223 Å². The smallest absolute Gasteiger partial charge is 0.305 e. The van der Waals surface area contributed by atoms with Crippen LogP contribution in [0.5, 0.6) is 0 Å². The largest absolute Gasteiger partial charge is 0.466 e. The van der Waals surface area contributed by atoms with Gasteiger partial charge in [-0.25, -0.2) is 0 Å². The number of hydrogen-bond acceptors (Lipinski definition) is 16. The van der Waals surface area contributed by atoms with Crippen molar-refractivity contribution in [1.82, 2.24) is 0 Å². The van der Waals surface area contributed by atoms with Crippen molar-refractivity contribution in [1.29, 1.82) is 0 Å². The molecule has 372 valence electrons. The van der Waals surface area contributed by atoms with Gasteiger partial charge in [0.2, 0.25) is 0 Å². The Kier molecular flexibility index (Phi) is 18.5. The fraction of sp³-hybridized carbons (Fsp3) is 0.878. The highest BCUT2D eigenvalue weighted by atomic mass is 16.7. The Bertz CT molecular complexity index is 1590. The molecule has 7 saturated heterocycles. The van der Waals surface area contributed by atoms with Gasteiger partial charge in [-0.1, -0.05) is 40.9 Å². The lowest BCUT2D eigenvalue weighted by Gasteiger charge is -2.53. The number of fused-ring (bicyclic) bond motifs is 3. The van der Waals surface area contributed by atoms with E-state index in [9.17, 15) is 30.0 Å². The lowest BCUT2D eigenvalue weighted by molar-refractivity contribution is -0.355. The molecular formula is C49H80O16. The zero-order valence-corrected chi connectivity index (χ0v) is 40.0. The Labute approximate surface area is 385 Å². The average Bonchev–Trinajstić information content (AvgIpc) is 3.25. The summed E-state index contributed by atoms with van der Waals surface area (Å²) < 4.78 is 59.4. The molecule has 0 saturated carbocycles. The maximum absolute atomic E-state index is 11.8. The Morgan fingerprint density at radius 1 is 0.646 bits per heavy atom. The summed E-state index contributed by atoms with van der Waals surface area (Å²) in [6.07, 6.45) is -0.185. The highest BCUT2D eigenvalue weighted by Crippen LogP contribution is 2.43. The minimum Gasteiger partial charge on any atom is -0.466 e. The predicted molar refractivity (Wildman–Crippen MR) is 236 cm³/mol. The predicted octanol–water partition coefficient (Wildman–Crippen LogP) is 4.49. The summed E-state index contributed by atoms with van der Waals surface area (Å²) >= 11 is 0. The highest BCUT2D eigenvalue weighted by molar-refractivity contribution is 5.69. The molecule has 7 aliphatic heterocycles. The molecule has 0 aromatic heterocycles. The molecule has 0 bridgehead atoms. The lowest BCUT2D eigenvalue weighted by Crippen LogP contribution is -2.63. The molecule has 0 aromatic rings. The molecule has 0 radical (unpaired) electrons. The standard InChI is InChI=1S/C26H42O8.C23H38O8/c1-7-29-23(27)9-8-17-10-14(2)15(3)18(31-17)11-20-24(28)16(4)25-21(32-20)12-19-22(33-25)13-30-26(5,6)34-19;1-5-28-21(26)7-6-15-8-12(2)13(3)17(29-15)10-18-22(27)14(4)23-19(30-18)9-16(25)20(11-24)31-23/h14,16-22,24-25,28H,3,7-13H2,1-2,4-6H3;12,14-20,22-25,27H,3,5-11H2,1-2,4H3/t14-,16-,17+,18?,19-,20+,21+,22-,24-,25+;12-,14-,15+,16-,17?,18+,19+,20-,22-,23+/m11/s1. The molecule has 0 amide bonds. The molecular weight excluding hydrogens is 845 g/mol. The van der Waals surface area contributed by atoms with Crippen molar-refractivity contribution in [3.8, 4) is 0 Å². The van der Waals surface area contributed by atoms with E-state index in [2.05, 4.69) is 27.0 Å². The first-order valence-corrected chi connectivity index (χ1v) is 24.4. The average molecular weight is 925 g/mol. The number of esters is 2. The van der Waals surface area contributed by atoms with Gasteiger partial charge in [0.25, 0.3) is 0 Å². The second-order valence-corrected chi connectivity index (χ2v) is 20.1. The third kappa shape index (κ3) is 13.0. The van der Waals surface area contributed by atoms with E-state index in [1.807, 2.05) is 34.6 Å². The van der Waals surface area contributed by atoms with Gasteiger partial charge < -0.3 is 67.8 Å². The van der Waals surface area contributed by atoms with Crippen LogP contribution >= 0.6 is 0 Å². The summed E-state index contributed by atoms with van der Waals surface area (Å²) in [5.41, 5.74) is 1.99. The first-order valence-electron chi connectivity index (χ1n) is 24.4. The summed E-state index contributed by atoms with van der Waals surface area (Å²) in [5.74, 6) is -0.843. The zero-order chi connectivity index (χ0) is 47.3. The van der Waals surface area contributed by atoms with Crippen LogP contribution in [-0.2, 0) is 57.0 Å². The highest BCUT2D eigenvalue weighted by Gasteiger charge is 2.53. The molecule has 16 nitrogen and oxygen atoms in total. The molecule has 4 N–H and O–H groups in total. The van der Waals surface area contributed by atoms with Gasteiger partial charge >= 0.3 is 11.9 Å². The van der Waals surface area contributed by atoms with E-state index in [4.69, 9.17) is 47.4 Å². The topological polar surface area (TPSA) is 207 Å². The number of rotatable bonds is 13. The maximum atomic E-state index is 11.8. The number of aliphatic hydroxyl groups excluding tert-OH is 4. The molecule has 7 rings (SSSR count). The second kappa shape index (κ2) is 23.0. The van der Waals surface area contributed by atoms with Crippen LogP contribution in [0.3, 0.4) is 0 Å². The van der Waals surface area contributed by atoms with Crippen LogP contribution in [0.1, 0.15) is 120 Å². The number of hydrogen-bond donors (Lipinski definition) is 4. The Morgan fingerprint density at radius 3 is 1.60 bits per heavy atom. The van der Waals surface area contributed by atoms with Crippen molar-refractivity contribution in [3.63, 3.8) is 0 Å². The van der Waals surface area contributed by atoms with Crippen LogP contribution in [0, 0.1) is 23.7 Å². The van der Waals surface area contributed by atoms with Crippen LogP contribution in [0.2, 0.25) is 0 Å². The molecule has 7 aliphatic rings. The van der Waals surface area contributed by atoms with Gasteiger partial charge in [-0.3, -0.25) is 9.59 Å². The monoisotopic (exact) mass is 925 g/mol. The Morgan fingerprint density at radius 2 is 1.12 bits per heavy atom. The minimum atomic E-state index is -0.803. The summed E-state index contributed by atoms with van der Waals surface area (Å²) in [5, 5.41) is 41.7. The van der Waals surface area contributed by atoms with Gasteiger partial charge in [0, 0.05) is 50.4 Å². The molecule has 7 heterocycles. The van der Waals surface area contributed by atoms with E-state index in [-0.39, 0.29) is 109 Å². The molecule has 0 aromatic carbocycles. The molecule has 16 heteroatoms. The SMILES string of the molecule is C=C1C(C[C@@H]2O[C@H]3C[C@@H](O)[C@@H](CO)O[C@H]3[C@H](C)[C@H]2O)O[C@@H](CCC(=O)OCC)C[C@H]1C.C=C1C(C[C@@H]2O[C@H]3C[C@H]4OC(C)(C)OC[C@H]4O[C@H]3[C@H](C)[C@H]2O)O[C@@H](CCC(=O)OCC)C[C@H]1C. The summed E-state index contributed by atoms with van der Waals surface area (Å²) in [6, 6.07) is 0. The molecule has 2 unspecified atom stereocenters. The molecule has 0 spiro atoms. The van der Waals surface area contributed by atoms with Gasteiger partial charge in [-0.15, -0.1) is 0 Å². The number of ether oxygens (including phenoxy) is 10. The van der Waals surface area contributed by atoms with Crippen molar-refractivity contribution >= 4 is 11.9 Å². The van der Waals surface area contributed by atoms with Crippen molar-refractivity contribution in [3.05, 3.63) is 24.3 Å². The number of carbonyl (C=O) groups excluding carboxylic acids is 2. The molecule has 65 heavy (non-hydrogen) atoms. The van der Waals surface area contributed by atoms with Crippen LogP contribution < -0.4 is 0 Å². The van der Waals surface area contributed by atoms with E-state index in [0.717, 1.165) is 24.0 Å². The molecule has 0 aliphatic carbocycles. The number of aliphatic hydroxyl groups is 4. The normalized spacial score (nSPS) is 43.8. The van der Waals surface area contributed by atoms with Crippen molar-refractivity contribution < 1.29 is 77.4 Å². The van der Waals surface area contributed by atoms with Gasteiger partial charge in [0.15, 0.2) is 5.79 Å². The third-order valence-corrected chi connectivity index (χ3v) is 14.8. The quantitative estimate of drug-likeness (QED) is 0.148. The minimum absolute atomic E-state index is 0.0440. The van der Waals surface area contributed by atoms with E-state index in [1.54, 1.807) is 6.92 Å². The van der Waals surface area contributed by atoms with E-state index in [1.165, 1.54) is 0 Å². The Hall–Kier alpha value is -2.06. The van der Waals surface area contributed by atoms with Crippen LogP contribution in [0.4, 0.5) is 0 Å². The number of carbonyl (C=O) groups is 2. The summed E-state index contributed by atoms with van der Waals surface area (Å²) in [7, 11) is 0. The Balaban J connectivity index is 0.000000216. The molecule has 7 fully saturated rings. The van der Waals surface area contributed by atoms with Gasteiger partial charge in [0.1, 0.15) is 12.2 Å². The maximum Gasteiger partial charge on any atom is 0.305 e. The van der Waals surface area contributed by atoms with Crippen molar-refractivity contribution in [2.24, 2.45) is 23.7 Å². The van der Waals surface area contributed by atoms with E-state index < -0.39 is 36.3 Å². The third-order valence-electron chi connectivity index (χ3n) is 14.8. The van der Waals surface area contributed by atoms with Gasteiger partial charge in [-0.05, 0) is 76.4 Å².